The van der Waals surface area contributed by atoms with Crippen LogP contribution in [-0.4, -0.2) is 33.5 Å². The number of aryl methyl sites for hydroxylation is 1. The number of benzene rings is 1. The van der Waals surface area contributed by atoms with Crippen LogP contribution in [0.5, 0.6) is 0 Å². The zero-order valence-electron chi connectivity index (χ0n) is 13.5. The van der Waals surface area contributed by atoms with E-state index in [4.69, 9.17) is 0 Å². The number of aliphatic hydroxyl groups is 1. The van der Waals surface area contributed by atoms with Crippen LogP contribution >= 0.6 is 0 Å². The molecular weight excluding hydrogens is 333 g/mol. The minimum atomic E-state index is -4.46. The lowest BCUT2D eigenvalue weighted by Crippen LogP contribution is -2.32. The number of likely N-dealkylation sites (tertiary alicyclic amines) is 1. The summed E-state index contributed by atoms with van der Waals surface area (Å²) in [7, 11) is 0. The van der Waals surface area contributed by atoms with E-state index in [1.807, 2.05) is 0 Å². The van der Waals surface area contributed by atoms with Crippen LogP contribution < -0.4 is 0 Å². The summed E-state index contributed by atoms with van der Waals surface area (Å²) in [4.78, 5) is 18.2. The van der Waals surface area contributed by atoms with E-state index >= 15 is 0 Å². The Kier molecular flexibility index (Phi) is 4.51. The minimum Gasteiger partial charge on any atom is -0.391 e. The number of pyridine rings is 1. The Hall–Kier alpha value is -2.41. The molecule has 2 aromatic rings. The fraction of sp³-hybridized carbons (Fsp3) is 0.333. The Bertz CT molecular complexity index is 792. The molecule has 1 aromatic carbocycles. The molecule has 1 aliphatic rings. The molecule has 4 nitrogen and oxygen atoms in total. The summed E-state index contributed by atoms with van der Waals surface area (Å²) in [5.41, 5.74) is 0.753. The van der Waals surface area contributed by atoms with Crippen LogP contribution in [-0.2, 0) is 6.18 Å². The zero-order valence-corrected chi connectivity index (χ0v) is 13.5. The molecule has 1 aromatic heterocycles. The third-order valence-corrected chi connectivity index (χ3v) is 4.26. The highest BCUT2D eigenvalue weighted by Crippen LogP contribution is 2.36. The van der Waals surface area contributed by atoms with Gasteiger partial charge in [0.05, 0.1) is 23.3 Å². The summed E-state index contributed by atoms with van der Waals surface area (Å²) in [6.45, 7) is 1.88. The van der Waals surface area contributed by atoms with Crippen LogP contribution in [0.2, 0.25) is 0 Å². The third kappa shape index (κ3) is 3.66. The number of hydrogen-bond donors (Lipinski definition) is 1. The van der Waals surface area contributed by atoms with E-state index in [2.05, 4.69) is 4.98 Å². The van der Waals surface area contributed by atoms with Gasteiger partial charge in [-0.1, -0.05) is 12.1 Å². The fourth-order valence-corrected chi connectivity index (χ4v) is 3.11. The summed E-state index contributed by atoms with van der Waals surface area (Å²) in [6.07, 6.45) is -2.00. The molecule has 0 bridgehead atoms. The molecule has 1 saturated heterocycles. The first-order valence-corrected chi connectivity index (χ1v) is 7.83. The van der Waals surface area contributed by atoms with E-state index < -0.39 is 23.9 Å². The van der Waals surface area contributed by atoms with E-state index in [9.17, 15) is 23.1 Å². The third-order valence-electron chi connectivity index (χ3n) is 4.26. The van der Waals surface area contributed by atoms with Gasteiger partial charge in [0.15, 0.2) is 0 Å². The lowest BCUT2D eigenvalue weighted by Gasteiger charge is -2.25. The Morgan fingerprint density at radius 2 is 2.04 bits per heavy atom. The molecule has 25 heavy (non-hydrogen) atoms. The fourth-order valence-electron chi connectivity index (χ4n) is 3.11. The predicted octanol–water partition coefficient (Wildman–Crippen LogP) is 3.36. The normalized spacial score (nSPS) is 20.8. The smallest absolute Gasteiger partial charge is 0.391 e. The van der Waals surface area contributed by atoms with Crippen molar-refractivity contribution in [1.82, 2.24) is 9.88 Å². The maximum atomic E-state index is 13.0. The van der Waals surface area contributed by atoms with E-state index in [0.29, 0.717) is 11.1 Å². The number of halogens is 3. The van der Waals surface area contributed by atoms with Crippen molar-refractivity contribution in [1.29, 1.82) is 0 Å². The Labute approximate surface area is 142 Å². The van der Waals surface area contributed by atoms with Crippen molar-refractivity contribution in [2.45, 2.75) is 31.7 Å². The highest BCUT2D eigenvalue weighted by Gasteiger charge is 2.37. The van der Waals surface area contributed by atoms with E-state index in [0.717, 1.165) is 17.7 Å². The largest absolute Gasteiger partial charge is 0.416 e. The first kappa shape index (κ1) is 17.4. The second-order valence-electron chi connectivity index (χ2n) is 6.24. The van der Waals surface area contributed by atoms with E-state index in [1.165, 1.54) is 17.2 Å². The molecule has 2 heterocycles. The number of β-amino-alcohol motifs (C(OH)–C–C–N with tert-alkyl or cyclic N) is 1. The molecule has 7 heteroatoms. The second kappa shape index (κ2) is 6.48. The number of hydrogen-bond acceptors (Lipinski definition) is 3. The van der Waals surface area contributed by atoms with Crippen molar-refractivity contribution in [3.63, 3.8) is 0 Å². The topological polar surface area (TPSA) is 53.4 Å². The summed E-state index contributed by atoms with van der Waals surface area (Å²) < 4.78 is 38.9. The summed E-state index contributed by atoms with van der Waals surface area (Å²) >= 11 is 0. The van der Waals surface area contributed by atoms with Gasteiger partial charge < -0.3 is 10.0 Å². The van der Waals surface area contributed by atoms with Crippen molar-refractivity contribution in [2.75, 3.05) is 6.54 Å². The molecule has 1 N–H and O–H groups in total. The molecule has 132 valence electrons. The van der Waals surface area contributed by atoms with Crippen LogP contribution in [0.15, 0.2) is 42.7 Å². The molecule has 1 amide bonds. The number of aliphatic hydroxyl groups excluding tert-OH is 1. The Morgan fingerprint density at radius 3 is 2.72 bits per heavy atom. The van der Waals surface area contributed by atoms with Gasteiger partial charge in [0, 0.05) is 18.9 Å². The molecule has 2 atom stereocenters. The number of carbonyl (C=O) groups excluding carboxylic acids is 1. The molecule has 0 radical (unpaired) electrons. The zero-order chi connectivity index (χ0) is 18.2. The summed E-state index contributed by atoms with van der Waals surface area (Å²) in [5.74, 6) is -0.352. The number of carbonyl (C=O) groups is 1. The minimum absolute atomic E-state index is 0.0771. The average molecular weight is 350 g/mol. The van der Waals surface area contributed by atoms with Gasteiger partial charge in [0.1, 0.15) is 0 Å². The highest BCUT2D eigenvalue weighted by molar-refractivity contribution is 5.94. The van der Waals surface area contributed by atoms with E-state index in [-0.39, 0.29) is 18.9 Å². The predicted molar refractivity (Wildman–Crippen MR) is 84.8 cm³/mol. The highest BCUT2D eigenvalue weighted by atomic mass is 19.4. The Morgan fingerprint density at radius 1 is 1.28 bits per heavy atom. The molecule has 0 saturated carbocycles. The van der Waals surface area contributed by atoms with Crippen LogP contribution in [0, 0.1) is 6.92 Å². The maximum absolute atomic E-state index is 13.0. The van der Waals surface area contributed by atoms with Gasteiger partial charge in [-0.25, -0.2) is 0 Å². The molecule has 0 spiro atoms. The monoisotopic (exact) mass is 350 g/mol. The molecular formula is C18H17F3N2O2. The van der Waals surface area contributed by atoms with Gasteiger partial charge in [-0.2, -0.15) is 13.2 Å². The molecule has 3 rings (SSSR count). The van der Waals surface area contributed by atoms with Crippen LogP contribution in [0.3, 0.4) is 0 Å². The molecule has 0 aliphatic carbocycles. The molecule has 0 unspecified atom stereocenters. The average Bonchev–Trinajstić information content (AvgIpc) is 2.95. The van der Waals surface area contributed by atoms with Crippen LogP contribution in [0.4, 0.5) is 13.2 Å². The van der Waals surface area contributed by atoms with Crippen molar-refractivity contribution < 1.29 is 23.1 Å². The Balaban J connectivity index is 1.94. The SMILES string of the molecule is Cc1cncc(C(=O)N2C[C@H](O)C[C@H]2c2cccc(C(F)(F)F)c2)c1. The number of nitrogens with zero attached hydrogens (tertiary/aromatic N) is 2. The van der Waals surface area contributed by atoms with Gasteiger partial charge in [-0.15, -0.1) is 0 Å². The summed E-state index contributed by atoms with van der Waals surface area (Å²) in [6, 6.07) is 5.96. The van der Waals surface area contributed by atoms with Gasteiger partial charge in [-0.05, 0) is 42.7 Å². The van der Waals surface area contributed by atoms with Crippen LogP contribution in [0.1, 0.15) is 39.5 Å². The van der Waals surface area contributed by atoms with E-state index in [1.54, 1.807) is 25.3 Å². The second-order valence-corrected chi connectivity index (χ2v) is 6.24. The van der Waals surface area contributed by atoms with Crippen molar-refractivity contribution >= 4 is 5.91 Å². The maximum Gasteiger partial charge on any atom is 0.416 e. The number of alkyl halides is 3. The number of aromatic nitrogens is 1. The van der Waals surface area contributed by atoms with Gasteiger partial charge in [0.25, 0.3) is 5.91 Å². The van der Waals surface area contributed by atoms with Crippen LogP contribution in [0.25, 0.3) is 0 Å². The first-order valence-electron chi connectivity index (χ1n) is 7.83. The standard InChI is InChI=1S/C18H17F3N2O2/c1-11-5-13(9-22-8-11)17(25)23-10-15(24)7-16(23)12-3-2-4-14(6-12)18(19,20)21/h2-6,8-9,15-16,24H,7,10H2,1H3/t15-,16+/m1/s1. The lowest BCUT2D eigenvalue weighted by atomic mass is 10.0. The van der Waals surface area contributed by atoms with Gasteiger partial charge in [-0.3, -0.25) is 9.78 Å². The van der Waals surface area contributed by atoms with Gasteiger partial charge in [0.2, 0.25) is 0 Å². The van der Waals surface area contributed by atoms with Gasteiger partial charge >= 0.3 is 6.18 Å². The van der Waals surface area contributed by atoms with Crippen molar-refractivity contribution in [3.05, 3.63) is 65.0 Å². The first-order chi connectivity index (χ1) is 11.8. The van der Waals surface area contributed by atoms with Crippen molar-refractivity contribution in [3.8, 4) is 0 Å². The quantitative estimate of drug-likeness (QED) is 0.904. The number of rotatable bonds is 2. The molecule has 1 fully saturated rings. The van der Waals surface area contributed by atoms with Crippen molar-refractivity contribution in [2.24, 2.45) is 0 Å². The molecule has 1 aliphatic heterocycles. The number of amides is 1. The summed E-state index contributed by atoms with van der Waals surface area (Å²) in [5, 5.41) is 9.98. The lowest BCUT2D eigenvalue weighted by molar-refractivity contribution is -0.137.